The monoisotopic (exact) mass is 472 g/mol. The lowest BCUT2D eigenvalue weighted by Crippen LogP contribution is -2.34. The van der Waals surface area contributed by atoms with Crippen molar-refractivity contribution in [1.29, 1.82) is 0 Å². The van der Waals surface area contributed by atoms with E-state index < -0.39 is 5.60 Å². The average molecular weight is 473 g/mol. The summed E-state index contributed by atoms with van der Waals surface area (Å²) < 4.78 is 9.36. The topological polar surface area (TPSA) is 108 Å². The van der Waals surface area contributed by atoms with Crippen LogP contribution in [0.5, 0.6) is 5.75 Å². The summed E-state index contributed by atoms with van der Waals surface area (Å²) in [5.74, 6) is 1.21. The molecule has 1 aliphatic carbocycles. The fourth-order valence-corrected chi connectivity index (χ4v) is 4.30. The summed E-state index contributed by atoms with van der Waals surface area (Å²) in [4.78, 5) is 21.4. The molecule has 9 nitrogen and oxygen atoms in total. The molecule has 3 heterocycles. The maximum absolute atomic E-state index is 12.5. The summed E-state index contributed by atoms with van der Waals surface area (Å²) in [5.41, 5.74) is 2.33. The minimum Gasteiger partial charge on any atom is -0.487 e. The number of ether oxygens (including phenoxy) is 1. The molecule has 0 amide bonds. The largest absolute Gasteiger partial charge is 0.487 e. The van der Waals surface area contributed by atoms with Gasteiger partial charge in [0, 0.05) is 31.3 Å². The second kappa shape index (κ2) is 9.42. The van der Waals surface area contributed by atoms with Crippen molar-refractivity contribution < 1.29 is 9.84 Å². The summed E-state index contributed by atoms with van der Waals surface area (Å²) in [5, 5.41) is 18.8. The molecule has 0 bridgehead atoms. The van der Waals surface area contributed by atoms with Crippen LogP contribution in [-0.2, 0) is 13.5 Å². The zero-order valence-electron chi connectivity index (χ0n) is 19.8. The maximum Gasteiger partial charge on any atom is 0.203 e. The van der Waals surface area contributed by atoms with E-state index in [1.165, 1.54) is 6.07 Å². The Morgan fingerprint density at radius 1 is 1.14 bits per heavy atom. The molecule has 0 radical (unpaired) electrons. The first-order valence-electron chi connectivity index (χ1n) is 11.7. The molecule has 0 aliphatic heterocycles. The van der Waals surface area contributed by atoms with Gasteiger partial charge < -0.3 is 9.84 Å². The van der Waals surface area contributed by atoms with E-state index in [4.69, 9.17) is 4.74 Å². The first-order valence-corrected chi connectivity index (χ1v) is 11.7. The Bertz CT molecular complexity index is 1370. The van der Waals surface area contributed by atoms with Crippen LogP contribution >= 0.6 is 0 Å². The van der Waals surface area contributed by atoms with Crippen molar-refractivity contribution >= 4 is 0 Å². The number of benzene rings is 1. The van der Waals surface area contributed by atoms with E-state index in [1.54, 1.807) is 34.2 Å². The second-order valence-electron chi connectivity index (χ2n) is 9.38. The van der Waals surface area contributed by atoms with Crippen LogP contribution in [0.4, 0.5) is 0 Å². The molecule has 1 saturated carbocycles. The summed E-state index contributed by atoms with van der Waals surface area (Å²) in [6, 6.07) is 9.32. The highest BCUT2D eigenvalue weighted by Gasteiger charge is 2.29. The van der Waals surface area contributed by atoms with Gasteiger partial charge in [-0.2, -0.15) is 10.2 Å². The van der Waals surface area contributed by atoms with Crippen LogP contribution < -0.4 is 10.2 Å². The molecule has 4 aromatic rings. The molecular weight excluding hydrogens is 444 g/mol. The van der Waals surface area contributed by atoms with Crippen LogP contribution in [0.1, 0.15) is 43.9 Å². The molecule has 1 aliphatic rings. The van der Waals surface area contributed by atoms with Crippen LogP contribution in [-0.4, -0.2) is 46.3 Å². The molecule has 0 spiro atoms. The molecule has 180 valence electrons. The molecule has 1 aromatic carbocycles. The predicted molar refractivity (Wildman–Crippen MR) is 130 cm³/mol. The summed E-state index contributed by atoms with van der Waals surface area (Å²) >= 11 is 0. The van der Waals surface area contributed by atoms with Crippen molar-refractivity contribution in [3.8, 4) is 22.8 Å². The van der Waals surface area contributed by atoms with Gasteiger partial charge in [0.15, 0.2) is 11.6 Å². The molecule has 1 N–H and O–H groups in total. The zero-order chi connectivity index (χ0) is 24.4. The molecule has 5 rings (SSSR count). The Labute approximate surface area is 203 Å². The van der Waals surface area contributed by atoms with E-state index in [9.17, 15) is 9.90 Å². The van der Waals surface area contributed by atoms with Crippen LogP contribution in [0.3, 0.4) is 0 Å². The highest BCUT2D eigenvalue weighted by molar-refractivity contribution is 5.56. The molecule has 0 unspecified atom stereocenters. The number of rotatable bonds is 6. The van der Waals surface area contributed by atoms with Gasteiger partial charge in [0.2, 0.25) is 5.43 Å². The van der Waals surface area contributed by atoms with Gasteiger partial charge in [-0.1, -0.05) is 18.2 Å². The quantitative estimate of drug-likeness (QED) is 0.459. The van der Waals surface area contributed by atoms with Gasteiger partial charge in [0.25, 0.3) is 0 Å². The van der Waals surface area contributed by atoms with Crippen molar-refractivity contribution in [2.45, 2.75) is 50.7 Å². The SMILES string of the molecule is Cn1cc(-n2ccc(=O)c(Cc3cccc(-c4ncc(O[C@H]5CC[C@](C)(O)CC5)cn4)c3)n2)cn1. The Morgan fingerprint density at radius 3 is 2.63 bits per heavy atom. The molecule has 0 atom stereocenters. The van der Waals surface area contributed by atoms with E-state index in [1.807, 2.05) is 44.4 Å². The molecular formula is C26H28N6O3. The Morgan fingerprint density at radius 2 is 1.91 bits per heavy atom. The molecule has 1 fully saturated rings. The number of hydrogen-bond donors (Lipinski definition) is 1. The van der Waals surface area contributed by atoms with E-state index in [0.29, 0.717) is 23.7 Å². The second-order valence-corrected chi connectivity index (χ2v) is 9.38. The first-order chi connectivity index (χ1) is 16.8. The van der Waals surface area contributed by atoms with E-state index in [2.05, 4.69) is 20.2 Å². The van der Waals surface area contributed by atoms with Crippen molar-refractivity contribution in [2.75, 3.05) is 0 Å². The first kappa shape index (κ1) is 22.9. The average Bonchev–Trinajstić information content (AvgIpc) is 3.29. The number of nitrogens with zero attached hydrogens (tertiary/aromatic N) is 6. The lowest BCUT2D eigenvalue weighted by molar-refractivity contribution is -0.0109. The van der Waals surface area contributed by atoms with Gasteiger partial charge in [0.05, 0.1) is 36.5 Å². The molecule has 9 heteroatoms. The van der Waals surface area contributed by atoms with E-state index in [-0.39, 0.29) is 11.5 Å². The predicted octanol–water partition coefficient (Wildman–Crippen LogP) is 3.09. The lowest BCUT2D eigenvalue weighted by Gasteiger charge is -2.32. The van der Waals surface area contributed by atoms with Gasteiger partial charge in [-0.25, -0.2) is 14.6 Å². The third-order valence-electron chi connectivity index (χ3n) is 6.33. The Hall–Kier alpha value is -3.85. The Kier molecular flexibility index (Phi) is 6.17. The summed E-state index contributed by atoms with van der Waals surface area (Å²) in [6.45, 7) is 1.87. The minimum absolute atomic E-state index is 0.0714. The lowest BCUT2D eigenvalue weighted by atomic mass is 9.85. The van der Waals surface area contributed by atoms with Crippen LogP contribution in [0.25, 0.3) is 17.1 Å². The zero-order valence-corrected chi connectivity index (χ0v) is 19.8. The van der Waals surface area contributed by atoms with E-state index in [0.717, 1.165) is 42.5 Å². The van der Waals surface area contributed by atoms with Crippen LogP contribution in [0.15, 0.2) is 66.1 Å². The van der Waals surface area contributed by atoms with E-state index >= 15 is 0 Å². The van der Waals surface area contributed by atoms with Gasteiger partial charge in [-0.15, -0.1) is 0 Å². The number of aryl methyl sites for hydroxylation is 1. The number of aliphatic hydroxyl groups is 1. The molecule has 0 saturated heterocycles. The number of aromatic nitrogens is 6. The van der Waals surface area contributed by atoms with Gasteiger partial charge >= 0.3 is 0 Å². The van der Waals surface area contributed by atoms with Crippen molar-refractivity contribution in [3.63, 3.8) is 0 Å². The standard InChI is InChI=1S/C26H28N6O3/c1-26(34)9-6-21(7-10-26)35-22-15-27-25(28-16-22)19-5-3-4-18(12-19)13-23-24(33)8-11-32(30-23)20-14-29-31(2)17-20/h3-5,8,11-12,14-17,21,34H,6-7,9-10,13H2,1-2H3/t21-,26-. The van der Waals surface area contributed by atoms with Crippen molar-refractivity contribution in [1.82, 2.24) is 29.5 Å². The smallest absolute Gasteiger partial charge is 0.203 e. The van der Waals surface area contributed by atoms with Crippen molar-refractivity contribution in [3.05, 3.63) is 82.8 Å². The summed E-state index contributed by atoms with van der Waals surface area (Å²) in [7, 11) is 1.83. The third-order valence-corrected chi connectivity index (χ3v) is 6.33. The van der Waals surface area contributed by atoms with Crippen LogP contribution in [0.2, 0.25) is 0 Å². The maximum atomic E-state index is 12.5. The highest BCUT2D eigenvalue weighted by Crippen LogP contribution is 2.30. The van der Waals surface area contributed by atoms with Crippen LogP contribution in [0, 0.1) is 0 Å². The molecule has 3 aromatic heterocycles. The van der Waals surface area contributed by atoms with Crippen molar-refractivity contribution in [2.24, 2.45) is 7.05 Å². The highest BCUT2D eigenvalue weighted by atomic mass is 16.5. The summed E-state index contributed by atoms with van der Waals surface area (Å²) in [6.07, 6.45) is 12.1. The fourth-order valence-electron chi connectivity index (χ4n) is 4.30. The third kappa shape index (κ3) is 5.46. The molecule has 35 heavy (non-hydrogen) atoms. The van der Waals surface area contributed by atoms with Gasteiger partial charge in [-0.3, -0.25) is 9.48 Å². The number of hydrogen-bond acceptors (Lipinski definition) is 7. The normalized spacial score (nSPS) is 20.0. The van der Waals surface area contributed by atoms with Gasteiger partial charge in [0.1, 0.15) is 11.4 Å². The fraction of sp³-hybridized carbons (Fsp3) is 0.346. The Balaban J connectivity index is 1.29. The minimum atomic E-state index is -0.591. The van der Waals surface area contributed by atoms with Gasteiger partial charge in [-0.05, 0) is 44.2 Å².